The molecule has 1 aromatic carbocycles. The first kappa shape index (κ1) is 17.2. The van der Waals surface area contributed by atoms with Crippen LogP contribution in [0.5, 0.6) is 0 Å². The van der Waals surface area contributed by atoms with Crippen LogP contribution in [-0.4, -0.2) is 25.3 Å². The minimum atomic E-state index is -0.284. The summed E-state index contributed by atoms with van der Waals surface area (Å²) in [5, 5.41) is 20.8. The van der Waals surface area contributed by atoms with Crippen LogP contribution in [0.1, 0.15) is 5.56 Å². The molecule has 1 N–H and O–H groups in total. The van der Waals surface area contributed by atoms with Crippen molar-refractivity contribution in [3.63, 3.8) is 0 Å². The molecule has 4 rings (SSSR count). The van der Waals surface area contributed by atoms with Crippen LogP contribution in [-0.2, 0) is 11.8 Å². The summed E-state index contributed by atoms with van der Waals surface area (Å²) in [7, 11) is 1.86. The molecule has 0 saturated heterocycles. The van der Waals surface area contributed by atoms with E-state index in [2.05, 4.69) is 28.2 Å². The van der Waals surface area contributed by atoms with Gasteiger partial charge in [-0.2, -0.15) is 15.5 Å². The Balaban J connectivity index is 1.93. The quantitative estimate of drug-likeness (QED) is 0.559. The first-order valence-electron chi connectivity index (χ1n) is 8.53. The highest BCUT2D eigenvalue weighted by Gasteiger charge is 2.14. The van der Waals surface area contributed by atoms with Gasteiger partial charge >= 0.3 is 0 Å². The third-order valence-electron chi connectivity index (χ3n) is 4.40. The van der Waals surface area contributed by atoms with Crippen molar-refractivity contribution in [2.24, 2.45) is 7.05 Å². The van der Waals surface area contributed by atoms with E-state index in [0.29, 0.717) is 16.8 Å². The van der Waals surface area contributed by atoms with Crippen LogP contribution in [0, 0.1) is 11.3 Å². The smallest absolute Gasteiger partial charge is 0.247 e. The molecular formula is C21H16N6O. The van der Waals surface area contributed by atoms with Gasteiger partial charge in [0.25, 0.3) is 0 Å². The van der Waals surface area contributed by atoms with Gasteiger partial charge in [0.1, 0.15) is 6.07 Å². The summed E-state index contributed by atoms with van der Waals surface area (Å²) in [6, 6.07) is 11.6. The normalized spacial score (nSPS) is 10.6. The monoisotopic (exact) mass is 368 g/mol. The number of aryl methyl sites for hydroxylation is 1. The Morgan fingerprint density at radius 3 is 2.75 bits per heavy atom. The van der Waals surface area contributed by atoms with Gasteiger partial charge in [-0.05, 0) is 29.8 Å². The van der Waals surface area contributed by atoms with Gasteiger partial charge in [0.05, 0.1) is 23.5 Å². The van der Waals surface area contributed by atoms with Gasteiger partial charge in [0.2, 0.25) is 5.91 Å². The van der Waals surface area contributed by atoms with Crippen molar-refractivity contribution >= 4 is 17.1 Å². The number of nitrogens with zero attached hydrogens (tertiary/aromatic N) is 5. The lowest BCUT2D eigenvalue weighted by atomic mass is 9.99. The number of fused-ring (bicyclic) bond motifs is 1. The standard InChI is InChI=1S/C21H16N6O/c1-3-20(28)25-18-6-4-5-14(7-18)19-8-15(17-11-23-26(2)12-17)13-27-21(19)16(9-22)10-24-27/h3-8,10-13H,1H2,2H3,(H,25,28). The molecular weight excluding hydrogens is 352 g/mol. The number of nitriles is 1. The summed E-state index contributed by atoms with van der Waals surface area (Å²) in [4.78, 5) is 11.6. The van der Waals surface area contributed by atoms with E-state index in [1.165, 1.54) is 6.08 Å². The number of aromatic nitrogens is 4. The number of benzene rings is 1. The zero-order chi connectivity index (χ0) is 19.7. The summed E-state index contributed by atoms with van der Waals surface area (Å²) in [5.74, 6) is -0.284. The van der Waals surface area contributed by atoms with Crippen molar-refractivity contribution in [2.75, 3.05) is 5.32 Å². The van der Waals surface area contributed by atoms with Crippen molar-refractivity contribution in [3.8, 4) is 28.3 Å². The third kappa shape index (κ3) is 3.04. The number of nitrogens with one attached hydrogen (secondary N) is 1. The average Bonchev–Trinajstić information content (AvgIpc) is 3.33. The van der Waals surface area contributed by atoms with Crippen LogP contribution in [0.25, 0.3) is 27.8 Å². The number of anilines is 1. The Morgan fingerprint density at radius 2 is 2.04 bits per heavy atom. The second kappa shape index (κ2) is 6.85. The molecule has 4 aromatic rings. The maximum atomic E-state index is 11.6. The first-order valence-corrected chi connectivity index (χ1v) is 8.53. The molecule has 0 unspecified atom stereocenters. The van der Waals surface area contributed by atoms with Crippen LogP contribution in [0.4, 0.5) is 5.69 Å². The Hall–Kier alpha value is -4.18. The predicted octanol–water partition coefficient (Wildman–Crippen LogP) is 3.40. The van der Waals surface area contributed by atoms with Crippen molar-refractivity contribution in [1.82, 2.24) is 19.4 Å². The fraction of sp³-hybridized carbons (Fsp3) is 0.0476. The molecule has 0 aliphatic heterocycles. The van der Waals surface area contributed by atoms with Gasteiger partial charge in [0, 0.05) is 41.8 Å². The first-order chi connectivity index (χ1) is 13.6. The van der Waals surface area contributed by atoms with Crippen molar-refractivity contribution in [1.29, 1.82) is 5.26 Å². The molecule has 0 bridgehead atoms. The Labute approximate surface area is 161 Å². The number of hydrogen-bond acceptors (Lipinski definition) is 4. The average molecular weight is 368 g/mol. The van der Waals surface area contributed by atoms with Crippen LogP contribution in [0.2, 0.25) is 0 Å². The maximum Gasteiger partial charge on any atom is 0.247 e. The molecule has 7 heteroatoms. The van der Waals surface area contributed by atoms with E-state index in [0.717, 1.165) is 22.3 Å². The van der Waals surface area contributed by atoms with E-state index in [4.69, 9.17) is 0 Å². The predicted molar refractivity (Wildman–Crippen MR) is 106 cm³/mol. The van der Waals surface area contributed by atoms with E-state index in [-0.39, 0.29) is 5.91 Å². The van der Waals surface area contributed by atoms with Gasteiger partial charge in [0.15, 0.2) is 0 Å². The topological polar surface area (TPSA) is 88.0 Å². The molecule has 1 amide bonds. The number of hydrogen-bond donors (Lipinski definition) is 1. The van der Waals surface area contributed by atoms with Gasteiger partial charge in [-0.3, -0.25) is 9.48 Å². The van der Waals surface area contributed by atoms with Crippen LogP contribution >= 0.6 is 0 Å². The van der Waals surface area contributed by atoms with E-state index in [1.54, 1.807) is 27.7 Å². The van der Waals surface area contributed by atoms with Crippen LogP contribution < -0.4 is 5.32 Å². The Morgan fingerprint density at radius 1 is 1.18 bits per heavy atom. The molecule has 0 spiro atoms. The highest BCUT2D eigenvalue weighted by atomic mass is 16.1. The molecule has 28 heavy (non-hydrogen) atoms. The van der Waals surface area contributed by atoms with Gasteiger partial charge in [-0.15, -0.1) is 0 Å². The molecule has 3 aromatic heterocycles. The summed E-state index contributed by atoms with van der Waals surface area (Å²) >= 11 is 0. The van der Waals surface area contributed by atoms with Crippen molar-refractivity contribution in [2.45, 2.75) is 0 Å². The van der Waals surface area contributed by atoms with Crippen molar-refractivity contribution in [3.05, 3.63) is 73.3 Å². The number of pyridine rings is 1. The molecule has 0 radical (unpaired) electrons. The SMILES string of the molecule is C=CC(=O)Nc1cccc(-c2cc(-c3cnn(C)c3)cn3ncc(C#N)c23)c1. The summed E-state index contributed by atoms with van der Waals surface area (Å²) in [5.41, 5.74) is 5.39. The molecule has 7 nitrogen and oxygen atoms in total. The molecule has 0 atom stereocenters. The van der Waals surface area contributed by atoms with Gasteiger partial charge in [-0.25, -0.2) is 4.52 Å². The summed E-state index contributed by atoms with van der Waals surface area (Å²) in [6.45, 7) is 3.47. The summed E-state index contributed by atoms with van der Waals surface area (Å²) in [6.07, 6.45) is 8.34. The van der Waals surface area contributed by atoms with Crippen LogP contribution in [0.15, 0.2) is 67.8 Å². The largest absolute Gasteiger partial charge is 0.323 e. The van der Waals surface area contributed by atoms with Gasteiger partial charge < -0.3 is 5.32 Å². The maximum absolute atomic E-state index is 11.6. The van der Waals surface area contributed by atoms with E-state index < -0.39 is 0 Å². The fourth-order valence-electron chi connectivity index (χ4n) is 3.11. The number of carbonyl (C=O) groups is 1. The zero-order valence-corrected chi connectivity index (χ0v) is 15.1. The lowest BCUT2D eigenvalue weighted by Gasteiger charge is -2.10. The van der Waals surface area contributed by atoms with Crippen molar-refractivity contribution < 1.29 is 4.79 Å². The number of rotatable bonds is 4. The molecule has 0 aliphatic rings. The Bertz CT molecular complexity index is 1260. The number of amides is 1. The highest BCUT2D eigenvalue weighted by molar-refractivity contribution is 5.99. The van der Waals surface area contributed by atoms with Crippen LogP contribution in [0.3, 0.4) is 0 Å². The van der Waals surface area contributed by atoms with E-state index >= 15 is 0 Å². The fourth-order valence-corrected chi connectivity index (χ4v) is 3.11. The molecule has 136 valence electrons. The van der Waals surface area contributed by atoms with Gasteiger partial charge in [-0.1, -0.05) is 18.7 Å². The second-order valence-corrected chi connectivity index (χ2v) is 6.28. The Kier molecular flexibility index (Phi) is 4.22. The minimum Gasteiger partial charge on any atom is -0.323 e. The lowest BCUT2D eigenvalue weighted by Crippen LogP contribution is -2.07. The molecule has 0 fully saturated rings. The molecule has 0 aliphatic carbocycles. The molecule has 3 heterocycles. The number of carbonyl (C=O) groups excluding carboxylic acids is 1. The van der Waals surface area contributed by atoms with E-state index in [1.807, 2.05) is 43.7 Å². The zero-order valence-electron chi connectivity index (χ0n) is 15.1. The van der Waals surface area contributed by atoms with E-state index in [9.17, 15) is 10.1 Å². The summed E-state index contributed by atoms with van der Waals surface area (Å²) < 4.78 is 3.43. The second-order valence-electron chi connectivity index (χ2n) is 6.28. The molecule has 0 saturated carbocycles. The highest BCUT2D eigenvalue weighted by Crippen LogP contribution is 2.33. The minimum absolute atomic E-state index is 0.284. The third-order valence-corrected chi connectivity index (χ3v) is 4.40. The lowest BCUT2D eigenvalue weighted by molar-refractivity contribution is -0.111.